The van der Waals surface area contributed by atoms with E-state index in [1.54, 1.807) is 24.3 Å². The van der Waals surface area contributed by atoms with Crippen molar-refractivity contribution in [3.05, 3.63) is 62.9 Å². The molecule has 0 aliphatic heterocycles. The van der Waals surface area contributed by atoms with E-state index in [4.69, 9.17) is 49.4 Å². The number of carboxylic acids is 1. The summed E-state index contributed by atoms with van der Waals surface area (Å²) in [7, 11) is -3.10. The average molecular weight is 676 g/mol. The highest BCUT2D eigenvalue weighted by Gasteiger charge is 2.19. The summed E-state index contributed by atoms with van der Waals surface area (Å²) in [5, 5.41) is 25.3. The monoisotopic (exact) mass is 674 g/mol. The van der Waals surface area contributed by atoms with Gasteiger partial charge < -0.3 is 36.8 Å². The number of nitro groups is 1. The van der Waals surface area contributed by atoms with E-state index < -0.39 is 24.3 Å². The molecule has 44 heavy (non-hydrogen) atoms. The van der Waals surface area contributed by atoms with Gasteiger partial charge in [-0.05, 0) is 63.9 Å². The Morgan fingerprint density at radius 2 is 1.73 bits per heavy atom. The van der Waals surface area contributed by atoms with E-state index >= 15 is 0 Å². The number of aliphatic carboxylic acids is 1. The topological polar surface area (TPSA) is 242 Å². The SMILES string of the molecule is CCNc1nc(Cl)nc(NC(C)(C)C)n1.CP(=O)(O)CCC(N)C(=O)O.Nc1c([N+](=O)[O-])ccc(Oc2ccccc2)c1Cl. The number of carboxylic acid groups (broad SMARTS) is 1. The van der Waals surface area contributed by atoms with Crippen molar-refractivity contribution in [2.24, 2.45) is 5.73 Å². The Kier molecular flexibility index (Phi) is 15.2. The normalized spacial score (nSPS) is 12.7. The second-order valence-electron chi connectivity index (χ2n) is 10.1. The van der Waals surface area contributed by atoms with Gasteiger partial charge >= 0.3 is 5.97 Å². The first-order valence-corrected chi connectivity index (χ1v) is 16.0. The first-order valence-electron chi connectivity index (χ1n) is 13.0. The minimum absolute atomic E-state index is 0.0352. The zero-order chi connectivity index (χ0) is 33.7. The molecule has 2 atom stereocenters. The number of nitrogens with two attached hydrogens (primary N) is 2. The number of ether oxygens (including phenoxy) is 1. The van der Waals surface area contributed by atoms with Crippen molar-refractivity contribution in [1.29, 1.82) is 0 Å². The van der Waals surface area contributed by atoms with Crippen molar-refractivity contribution in [3.8, 4) is 11.5 Å². The standard InChI is InChI=1S/C12H9ClN2O3.C9H16ClN5.C5H12NO4P/c13-11-10(18-8-4-2-1-3-5-8)7-6-9(12(11)14)15(16)17;1-5-11-7-12-6(10)13-8(14-7)15-9(2,3)4;1-11(9,10)3-2-4(6)5(7)8/h1-7H,14H2;5H2,1-4H3,(H2,11,12,13,14,15);4H,2-3,6H2,1H3,(H,7,8)(H,9,10). The summed E-state index contributed by atoms with van der Waals surface area (Å²) in [5.74, 6) is 0.694. The average Bonchev–Trinajstić information content (AvgIpc) is 2.89. The van der Waals surface area contributed by atoms with Crippen LogP contribution in [0.4, 0.5) is 23.3 Å². The number of anilines is 3. The molecule has 15 nitrogen and oxygen atoms in total. The zero-order valence-electron chi connectivity index (χ0n) is 24.8. The maximum absolute atomic E-state index is 10.7. The number of aromatic nitrogens is 3. The van der Waals surface area contributed by atoms with Crippen LogP contribution in [0.15, 0.2) is 42.5 Å². The fraction of sp³-hybridized carbons (Fsp3) is 0.385. The fourth-order valence-corrected chi connectivity index (χ4v) is 4.01. The Morgan fingerprint density at radius 1 is 1.14 bits per heavy atom. The lowest BCUT2D eigenvalue weighted by molar-refractivity contribution is -0.383. The van der Waals surface area contributed by atoms with E-state index in [1.165, 1.54) is 18.8 Å². The zero-order valence-corrected chi connectivity index (χ0v) is 27.2. The molecule has 18 heteroatoms. The Hall–Kier alpha value is -3.75. The van der Waals surface area contributed by atoms with Crippen LogP contribution in [0.25, 0.3) is 0 Å². The highest BCUT2D eigenvalue weighted by molar-refractivity contribution is 7.57. The highest BCUT2D eigenvalue weighted by Crippen LogP contribution is 2.39. The van der Waals surface area contributed by atoms with Gasteiger partial charge in [0.15, 0.2) is 7.37 Å². The molecule has 0 fully saturated rings. The number of nitrogen functional groups attached to an aromatic ring is 1. The summed E-state index contributed by atoms with van der Waals surface area (Å²) in [6, 6.07) is 10.6. The largest absolute Gasteiger partial charge is 0.480 e. The van der Waals surface area contributed by atoms with Gasteiger partial charge in [0.1, 0.15) is 28.3 Å². The van der Waals surface area contributed by atoms with Crippen LogP contribution in [0, 0.1) is 10.1 Å². The number of halogens is 2. The molecule has 0 radical (unpaired) electrons. The van der Waals surface area contributed by atoms with E-state index in [-0.39, 0.29) is 45.6 Å². The molecule has 3 aromatic rings. The van der Waals surface area contributed by atoms with Gasteiger partial charge in [0.2, 0.25) is 17.2 Å². The molecule has 0 amide bonds. The molecule has 8 N–H and O–H groups in total. The number of hydrogen-bond acceptors (Lipinski definition) is 12. The predicted molar refractivity (Wildman–Crippen MR) is 172 cm³/mol. The number of nitrogens with zero attached hydrogens (tertiary/aromatic N) is 4. The summed E-state index contributed by atoms with van der Waals surface area (Å²) < 4.78 is 16.1. The lowest BCUT2D eigenvalue weighted by Crippen LogP contribution is -2.30. The van der Waals surface area contributed by atoms with Crippen LogP contribution < -0.4 is 26.8 Å². The molecule has 0 aliphatic carbocycles. The lowest BCUT2D eigenvalue weighted by Gasteiger charge is -2.20. The second kappa shape index (κ2) is 17.5. The third-order valence-electron chi connectivity index (χ3n) is 4.89. The molecule has 0 bridgehead atoms. The van der Waals surface area contributed by atoms with E-state index in [1.807, 2.05) is 33.8 Å². The first-order chi connectivity index (χ1) is 20.3. The number of nitrogens with one attached hydrogen (secondary N) is 2. The molecule has 242 valence electrons. The Morgan fingerprint density at radius 3 is 2.23 bits per heavy atom. The molecule has 2 unspecified atom stereocenters. The minimum atomic E-state index is -3.10. The third-order valence-corrected chi connectivity index (χ3v) is 6.54. The van der Waals surface area contributed by atoms with Crippen molar-refractivity contribution in [3.63, 3.8) is 0 Å². The summed E-state index contributed by atoms with van der Waals surface area (Å²) in [4.78, 5) is 41.1. The summed E-state index contributed by atoms with van der Waals surface area (Å²) in [6.07, 6.45) is 0.0000772. The molecule has 0 saturated carbocycles. The first kappa shape index (κ1) is 38.3. The van der Waals surface area contributed by atoms with Gasteiger partial charge in [0.25, 0.3) is 5.69 Å². The van der Waals surface area contributed by atoms with Crippen molar-refractivity contribution in [1.82, 2.24) is 15.0 Å². The van der Waals surface area contributed by atoms with Gasteiger partial charge in [0, 0.05) is 31.0 Å². The summed E-state index contributed by atoms with van der Waals surface area (Å²) in [5.41, 5.74) is 10.2. The maximum atomic E-state index is 10.7. The Balaban J connectivity index is 0.000000341. The van der Waals surface area contributed by atoms with Crippen LogP contribution in [0.3, 0.4) is 0 Å². The van der Waals surface area contributed by atoms with Crippen LogP contribution in [0.5, 0.6) is 11.5 Å². The number of benzene rings is 2. The van der Waals surface area contributed by atoms with Crippen LogP contribution in [0.1, 0.15) is 34.1 Å². The number of rotatable bonds is 10. The minimum Gasteiger partial charge on any atom is -0.480 e. The second-order valence-corrected chi connectivity index (χ2v) is 13.4. The van der Waals surface area contributed by atoms with E-state index in [9.17, 15) is 19.5 Å². The van der Waals surface area contributed by atoms with E-state index in [2.05, 4.69) is 25.6 Å². The quantitative estimate of drug-likeness (QED) is 0.0675. The van der Waals surface area contributed by atoms with Crippen LogP contribution >= 0.6 is 30.6 Å². The summed E-state index contributed by atoms with van der Waals surface area (Å²) in [6.45, 7) is 9.97. The van der Waals surface area contributed by atoms with E-state index in [0.717, 1.165) is 6.54 Å². The maximum Gasteiger partial charge on any atom is 0.320 e. The highest BCUT2D eigenvalue weighted by atomic mass is 35.5. The van der Waals surface area contributed by atoms with Gasteiger partial charge in [-0.2, -0.15) is 15.0 Å². The van der Waals surface area contributed by atoms with Gasteiger partial charge in [-0.15, -0.1) is 0 Å². The smallest absolute Gasteiger partial charge is 0.320 e. The molecule has 1 heterocycles. The Labute approximate surface area is 265 Å². The predicted octanol–water partition coefficient (Wildman–Crippen LogP) is 5.48. The third kappa shape index (κ3) is 15.1. The molecule has 0 saturated heterocycles. The molecular weight excluding hydrogens is 638 g/mol. The van der Waals surface area contributed by atoms with Crippen LogP contribution in [-0.4, -0.2) is 66.8 Å². The van der Waals surface area contributed by atoms with Gasteiger partial charge in [0.05, 0.1) is 4.92 Å². The van der Waals surface area contributed by atoms with E-state index in [0.29, 0.717) is 17.6 Å². The number of carbonyl (C=O) groups is 1. The molecular formula is C26H37Cl2N8O7P. The van der Waals surface area contributed by atoms with Gasteiger partial charge in [-0.25, -0.2) is 0 Å². The number of para-hydroxylation sites is 1. The van der Waals surface area contributed by atoms with Crippen molar-refractivity contribution in [2.45, 2.75) is 45.7 Å². The molecule has 2 aromatic carbocycles. The fourth-order valence-electron chi connectivity index (χ4n) is 2.90. The van der Waals surface area contributed by atoms with Crippen LogP contribution in [-0.2, 0) is 9.36 Å². The van der Waals surface area contributed by atoms with Crippen molar-refractivity contribution >= 4 is 59.8 Å². The lowest BCUT2D eigenvalue weighted by atomic mass is 10.1. The van der Waals surface area contributed by atoms with Crippen molar-refractivity contribution in [2.75, 3.05) is 35.7 Å². The Bertz CT molecular complexity index is 1440. The number of hydrogen-bond donors (Lipinski definition) is 6. The molecule has 3 rings (SSSR count). The summed E-state index contributed by atoms with van der Waals surface area (Å²) >= 11 is 11.7. The van der Waals surface area contributed by atoms with Crippen LogP contribution in [0.2, 0.25) is 10.3 Å². The molecule has 0 spiro atoms. The van der Waals surface area contributed by atoms with Gasteiger partial charge in [-0.1, -0.05) is 29.8 Å². The van der Waals surface area contributed by atoms with Gasteiger partial charge in [-0.3, -0.25) is 19.5 Å². The molecule has 0 aliphatic rings. The van der Waals surface area contributed by atoms with Crippen molar-refractivity contribution < 1.29 is 29.0 Å². The number of nitro benzene ring substituents is 1. The molecule has 1 aromatic heterocycles.